The van der Waals surface area contributed by atoms with Crippen molar-refractivity contribution in [3.63, 3.8) is 0 Å². The van der Waals surface area contributed by atoms with Crippen LogP contribution in [0.15, 0.2) is 65.7 Å². The van der Waals surface area contributed by atoms with Crippen molar-refractivity contribution in [3.8, 4) is 0 Å². The Kier molecular flexibility index (Phi) is 6.65. The molecule has 1 aromatic heterocycles. The fraction of sp³-hybridized carbons (Fsp3) is 0.182. The van der Waals surface area contributed by atoms with Crippen molar-refractivity contribution in [3.05, 3.63) is 89.1 Å². The molecule has 0 spiro atoms. The van der Waals surface area contributed by atoms with Crippen LogP contribution in [0.4, 0.5) is 14.6 Å². The zero-order chi connectivity index (χ0) is 22.6. The highest BCUT2D eigenvalue weighted by atomic mass is 32.2. The van der Waals surface area contributed by atoms with E-state index in [-0.39, 0.29) is 10.8 Å². The average molecular weight is 445 g/mol. The van der Waals surface area contributed by atoms with E-state index in [0.29, 0.717) is 29.1 Å². The number of halogens is 2. The zero-order valence-corrected chi connectivity index (χ0v) is 17.7. The molecule has 0 aliphatic carbocycles. The number of aromatic nitrogens is 1. The van der Waals surface area contributed by atoms with Gasteiger partial charge in [-0.3, -0.25) is 4.79 Å². The molecule has 1 amide bonds. The Morgan fingerprint density at radius 1 is 1.03 bits per heavy atom. The fourth-order valence-electron chi connectivity index (χ4n) is 3.00. The van der Waals surface area contributed by atoms with Crippen molar-refractivity contribution in [2.75, 3.05) is 18.1 Å². The first-order chi connectivity index (χ1) is 14.7. The summed E-state index contributed by atoms with van der Waals surface area (Å²) in [5.41, 5.74) is 1.26. The van der Waals surface area contributed by atoms with Gasteiger partial charge >= 0.3 is 0 Å². The van der Waals surface area contributed by atoms with Gasteiger partial charge in [-0.05, 0) is 54.4 Å². The fourth-order valence-corrected chi connectivity index (χ4v) is 3.68. The number of hydrogen-bond donors (Lipinski definition) is 2. The maximum Gasteiger partial charge on any atom is 0.252 e. The van der Waals surface area contributed by atoms with E-state index in [2.05, 4.69) is 15.6 Å². The monoisotopic (exact) mass is 445 g/mol. The van der Waals surface area contributed by atoms with E-state index in [4.69, 9.17) is 0 Å². The number of sulfone groups is 1. The Hall–Kier alpha value is -3.33. The van der Waals surface area contributed by atoms with Crippen LogP contribution < -0.4 is 10.6 Å². The van der Waals surface area contributed by atoms with Gasteiger partial charge in [-0.25, -0.2) is 22.2 Å². The first-order valence-corrected chi connectivity index (χ1v) is 11.3. The number of nitrogens with one attached hydrogen (secondary N) is 2. The van der Waals surface area contributed by atoms with Gasteiger partial charge in [-0.15, -0.1) is 0 Å². The summed E-state index contributed by atoms with van der Waals surface area (Å²) in [6, 6.07) is 12.1. The van der Waals surface area contributed by atoms with E-state index in [0.717, 1.165) is 18.4 Å². The molecule has 1 unspecified atom stereocenters. The lowest BCUT2D eigenvalue weighted by Crippen LogP contribution is -2.22. The van der Waals surface area contributed by atoms with Crippen molar-refractivity contribution in [2.24, 2.45) is 0 Å². The lowest BCUT2D eigenvalue weighted by molar-refractivity contribution is 0.0955. The average Bonchev–Trinajstić information content (AvgIpc) is 2.74. The summed E-state index contributed by atoms with van der Waals surface area (Å²) < 4.78 is 51.3. The van der Waals surface area contributed by atoms with Crippen molar-refractivity contribution < 1.29 is 22.0 Å². The molecule has 0 radical (unpaired) electrons. The largest absolute Gasteiger partial charge is 0.359 e. The minimum atomic E-state index is -3.47. The van der Waals surface area contributed by atoms with Crippen LogP contribution in [0.5, 0.6) is 0 Å². The predicted octanol–water partition coefficient (Wildman–Crippen LogP) is 3.71. The molecule has 3 rings (SSSR count). The number of carbonyl (C=O) groups excluding carboxylic acids is 1. The summed E-state index contributed by atoms with van der Waals surface area (Å²) in [4.78, 5) is 16.2. The molecule has 31 heavy (non-hydrogen) atoms. The predicted molar refractivity (Wildman–Crippen MR) is 114 cm³/mol. The van der Waals surface area contributed by atoms with Crippen molar-refractivity contribution in [1.82, 2.24) is 10.3 Å². The molecule has 0 saturated heterocycles. The molecular weight excluding hydrogens is 424 g/mol. The smallest absolute Gasteiger partial charge is 0.252 e. The van der Waals surface area contributed by atoms with E-state index in [1.165, 1.54) is 24.4 Å². The normalized spacial score (nSPS) is 12.3. The molecule has 1 heterocycles. The number of hydrogen-bond acceptors (Lipinski definition) is 5. The minimum absolute atomic E-state index is 0.0962. The molecule has 0 saturated carbocycles. The number of rotatable bonds is 7. The van der Waals surface area contributed by atoms with Gasteiger partial charge in [0.05, 0.1) is 16.5 Å². The summed E-state index contributed by atoms with van der Waals surface area (Å²) >= 11 is 0. The van der Waals surface area contributed by atoms with Crippen LogP contribution in [0.1, 0.15) is 34.5 Å². The SMILES string of the molecule is CCNC(=O)c1ccc(NC(c2cccc(S(C)(=O)=O)c2)c2ccc(F)c(F)c2)nc1. The lowest BCUT2D eigenvalue weighted by Gasteiger charge is -2.21. The molecule has 162 valence electrons. The van der Waals surface area contributed by atoms with Crippen LogP contribution in [-0.4, -0.2) is 32.1 Å². The third-order valence-corrected chi connectivity index (χ3v) is 5.66. The minimum Gasteiger partial charge on any atom is -0.359 e. The number of benzene rings is 2. The second-order valence-corrected chi connectivity index (χ2v) is 8.90. The highest BCUT2D eigenvalue weighted by molar-refractivity contribution is 7.90. The van der Waals surface area contributed by atoms with Crippen LogP contribution in [0.3, 0.4) is 0 Å². The summed E-state index contributed by atoms with van der Waals surface area (Å²) in [6.07, 6.45) is 2.48. The maximum atomic E-state index is 13.9. The Morgan fingerprint density at radius 2 is 1.77 bits per heavy atom. The molecule has 0 aliphatic rings. The van der Waals surface area contributed by atoms with Crippen LogP contribution in [0.2, 0.25) is 0 Å². The molecule has 3 aromatic rings. The lowest BCUT2D eigenvalue weighted by atomic mass is 9.98. The second kappa shape index (κ2) is 9.22. The molecule has 2 N–H and O–H groups in total. The molecular formula is C22H21F2N3O3S. The number of anilines is 1. The highest BCUT2D eigenvalue weighted by Crippen LogP contribution is 2.29. The van der Waals surface area contributed by atoms with E-state index in [1.807, 2.05) is 0 Å². The summed E-state index contributed by atoms with van der Waals surface area (Å²) in [7, 11) is -3.47. The van der Waals surface area contributed by atoms with Crippen LogP contribution in [0.25, 0.3) is 0 Å². The van der Waals surface area contributed by atoms with Gasteiger partial charge in [0.15, 0.2) is 21.5 Å². The highest BCUT2D eigenvalue weighted by Gasteiger charge is 2.19. The van der Waals surface area contributed by atoms with E-state index >= 15 is 0 Å². The third kappa shape index (κ3) is 5.43. The maximum absolute atomic E-state index is 13.9. The molecule has 0 bridgehead atoms. The van der Waals surface area contributed by atoms with Gasteiger partial charge in [0.25, 0.3) is 5.91 Å². The molecule has 6 nitrogen and oxygen atoms in total. The first-order valence-electron chi connectivity index (χ1n) is 9.45. The Morgan fingerprint density at radius 3 is 2.39 bits per heavy atom. The van der Waals surface area contributed by atoms with Crippen molar-refractivity contribution in [2.45, 2.75) is 17.9 Å². The Bertz CT molecular complexity index is 1200. The topological polar surface area (TPSA) is 88.2 Å². The summed E-state index contributed by atoms with van der Waals surface area (Å²) in [5.74, 6) is -1.91. The van der Waals surface area contributed by atoms with Gasteiger partial charge in [0, 0.05) is 19.0 Å². The number of carbonyl (C=O) groups is 1. The van der Waals surface area contributed by atoms with E-state index in [9.17, 15) is 22.0 Å². The number of pyridine rings is 1. The Balaban J connectivity index is 2.01. The van der Waals surface area contributed by atoms with Gasteiger partial charge in [0.2, 0.25) is 0 Å². The second-order valence-electron chi connectivity index (χ2n) is 6.89. The van der Waals surface area contributed by atoms with Crippen molar-refractivity contribution in [1.29, 1.82) is 0 Å². The van der Waals surface area contributed by atoms with Crippen molar-refractivity contribution >= 4 is 21.6 Å². The van der Waals surface area contributed by atoms with Gasteiger partial charge in [-0.2, -0.15) is 0 Å². The van der Waals surface area contributed by atoms with E-state index < -0.39 is 27.5 Å². The molecule has 2 aromatic carbocycles. The first kappa shape index (κ1) is 22.4. The third-order valence-electron chi connectivity index (χ3n) is 4.55. The number of nitrogens with zero attached hydrogens (tertiary/aromatic N) is 1. The van der Waals surface area contributed by atoms with Crippen LogP contribution >= 0.6 is 0 Å². The quantitative estimate of drug-likeness (QED) is 0.579. The molecule has 9 heteroatoms. The molecule has 1 atom stereocenters. The van der Waals surface area contributed by atoms with Gasteiger partial charge < -0.3 is 10.6 Å². The molecule has 0 fully saturated rings. The van der Waals surface area contributed by atoms with E-state index in [1.54, 1.807) is 31.2 Å². The standard InChI is InChI=1S/C22H21F2N3O3S/c1-3-25-22(28)16-8-10-20(26-13-16)27-21(15-7-9-18(23)19(24)12-15)14-5-4-6-17(11-14)31(2,29)30/h4-13,21H,3H2,1-2H3,(H,25,28)(H,26,27). The summed E-state index contributed by atoms with van der Waals surface area (Å²) in [6.45, 7) is 2.28. The van der Waals surface area contributed by atoms with Gasteiger partial charge in [-0.1, -0.05) is 18.2 Å². The number of amides is 1. The van der Waals surface area contributed by atoms with Crippen LogP contribution in [0, 0.1) is 11.6 Å². The Labute approximate surface area is 179 Å². The van der Waals surface area contributed by atoms with Crippen LogP contribution in [-0.2, 0) is 9.84 Å². The zero-order valence-electron chi connectivity index (χ0n) is 16.9. The molecule has 0 aliphatic heterocycles. The summed E-state index contributed by atoms with van der Waals surface area (Å²) in [5, 5.41) is 5.78. The van der Waals surface area contributed by atoms with Gasteiger partial charge in [0.1, 0.15) is 5.82 Å².